The number of thiazole rings is 1. The Balaban J connectivity index is 2.34. The molecule has 0 fully saturated rings. The molecule has 2 rings (SSSR count). The van der Waals surface area contributed by atoms with Crippen molar-refractivity contribution in [1.29, 1.82) is 0 Å². The summed E-state index contributed by atoms with van der Waals surface area (Å²) in [7, 11) is 0. The van der Waals surface area contributed by atoms with E-state index < -0.39 is 29.5 Å². The third-order valence-electron chi connectivity index (χ3n) is 7.65. The molecule has 0 amide bonds. The van der Waals surface area contributed by atoms with E-state index in [4.69, 9.17) is 4.74 Å². The van der Waals surface area contributed by atoms with Crippen LogP contribution in [0.4, 0.5) is 0 Å². The van der Waals surface area contributed by atoms with Crippen molar-refractivity contribution < 1.29 is 19.4 Å². The van der Waals surface area contributed by atoms with Gasteiger partial charge in [0.25, 0.3) is 0 Å². The number of rotatable bonds is 2. The number of aliphatic hydroxyl groups excluding tert-OH is 1. The molecule has 0 aliphatic carbocycles. The van der Waals surface area contributed by atoms with Crippen molar-refractivity contribution in [3.05, 3.63) is 33.8 Å². The van der Waals surface area contributed by atoms with Gasteiger partial charge in [-0.05, 0) is 57.1 Å². The van der Waals surface area contributed by atoms with Gasteiger partial charge in [0.05, 0.1) is 28.1 Å². The maximum Gasteiger partial charge on any atom is 0.311 e. The number of aliphatic hydroxyl groups is 1. The molecule has 1 aliphatic heterocycles. The predicted octanol–water partition coefficient (Wildman–Crippen LogP) is 6.40. The first-order valence-electron chi connectivity index (χ1n) is 12.5. The fraction of sp³-hybridized carbons (Fsp3) is 0.679. The molecule has 5 nitrogen and oxygen atoms in total. The second kappa shape index (κ2) is 12.3. The number of nitrogens with zero attached hydrogens (tertiary/aromatic N) is 1. The van der Waals surface area contributed by atoms with E-state index in [1.54, 1.807) is 32.1 Å². The Morgan fingerprint density at radius 1 is 1.18 bits per heavy atom. The van der Waals surface area contributed by atoms with Crippen molar-refractivity contribution in [2.24, 2.45) is 29.1 Å². The number of ether oxygens (including phenoxy) is 1. The number of carbonyl (C=O) groups is 2. The topological polar surface area (TPSA) is 76.5 Å². The first-order valence-corrected chi connectivity index (χ1v) is 13.4. The van der Waals surface area contributed by atoms with Gasteiger partial charge in [-0.2, -0.15) is 0 Å². The Labute approximate surface area is 209 Å². The molecule has 6 atom stereocenters. The van der Waals surface area contributed by atoms with Crippen LogP contribution in [0.15, 0.2) is 23.1 Å². The van der Waals surface area contributed by atoms with E-state index in [2.05, 4.69) is 31.0 Å². The van der Waals surface area contributed by atoms with Crippen LogP contribution in [0.5, 0.6) is 0 Å². The summed E-state index contributed by atoms with van der Waals surface area (Å²) in [6.07, 6.45) is 8.20. The lowest BCUT2D eigenvalue weighted by Crippen LogP contribution is -2.47. The van der Waals surface area contributed by atoms with Gasteiger partial charge in [0.1, 0.15) is 11.9 Å². The molecular formula is C28H43NO4S. The number of esters is 1. The summed E-state index contributed by atoms with van der Waals surface area (Å²) in [6, 6.07) is 0. The highest BCUT2D eigenvalue weighted by atomic mass is 32.1. The molecule has 2 heterocycles. The number of Topliss-reactive ketones (excluding diaryl/α,β-unsaturated/α-hetero) is 1. The van der Waals surface area contributed by atoms with Crippen LogP contribution >= 0.6 is 11.3 Å². The van der Waals surface area contributed by atoms with E-state index in [9.17, 15) is 14.7 Å². The van der Waals surface area contributed by atoms with Gasteiger partial charge in [-0.1, -0.05) is 53.2 Å². The third-order valence-corrected chi connectivity index (χ3v) is 8.44. The number of aryl methyl sites for hydroxylation is 1. The average molecular weight is 490 g/mol. The van der Waals surface area contributed by atoms with Crippen LogP contribution in [0.1, 0.15) is 84.9 Å². The quantitative estimate of drug-likeness (QED) is 0.384. The first-order chi connectivity index (χ1) is 15.9. The van der Waals surface area contributed by atoms with Gasteiger partial charge < -0.3 is 9.84 Å². The Morgan fingerprint density at radius 3 is 2.47 bits per heavy atom. The number of hydrogen-bond donors (Lipinski definition) is 1. The second-order valence-electron chi connectivity index (χ2n) is 10.7. The van der Waals surface area contributed by atoms with Crippen LogP contribution in [0.2, 0.25) is 0 Å². The second-order valence-corrected chi connectivity index (χ2v) is 11.8. The summed E-state index contributed by atoms with van der Waals surface area (Å²) in [5.41, 5.74) is 0.697. The molecule has 0 radical (unpaired) electrons. The monoisotopic (exact) mass is 489 g/mol. The summed E-state index contributed by atoms with van der Waals surface area (Å²) in [6.45, 7) is 15.3. The standard InChI is InChI=1S/C28H43NO4S/c1-17-13-11-9-10-12-14-24(18(2)15-23-16-34-22(6)29-23)33-27(32)21(5)26(31)28(7,8)25(30)20(4)19(17)3/h10,12,15-17,19-21,24,26,31H,9,11,13-14H2,1-8H3/b12-10+,18-15+. The lowest BCUT2D eigenvalue weighted by Gasteiger charge is -2.37. The normalized spacial score (nSPS) is 33.4. The molecule has 0 saturated carbocycles. The molecule has 1 N–H and O–H groups in total. The number of allylic oxidation sites excluding steroid dienone is 1. The Bertz CT molecular complexity index is 900. The Hall–Kier alpha value is -1.79. The van der Waals surface area contributed by atoms with Gasteiger partial charge in [0.2, 0.25) is 0 Å². The highest BCUT2D eigenvalue weighted by Gasteiger charge is 2.44. The fourth-order valence-corrected chi connectivity index (χ4v) is 5.29. The average Bonchev–Trinajstić information content (AvgIpc) is 3.20. The summed E-state index contributed by atoms with van der Waals surface area (Å²) in [5.74, 6) is -0.925. The van der Waals surface area contributed by atoms with E-state index in [0.29, 0.717) is 12.3 Å². The molecule has 0 aromatic carbocycles. The van der Waals surface area contributed by atoms with Crippen LogP contribution < -0.4 is 0 Å². The zero-order valence-corrected chi connectivity index (χ0v) is 22.9. The van der Waals surface area contributed by atoms with Crippen LogP contribution in [0.3, 0.4) is 0 Å². The third kappa shape index (κ3) is 7.11. The lowest BCUT2D eigenvalue weighted by atomic mass is 9.68. The zero-order chi connectivity index (χ0) is 25.6. The first kappa shape index (κ1) is 28.4. The van der Waals surface area contributed by atoms with Gasteiger partial charge in [-0.25, -0.2) is 4.98 Å². The van der Waals surface area contributed by atoms with Gasteiger partial charge in [0, 0.05) is 17.7 Å². The highest BCUT2D eigenvalue weighted by Crippen LogP contribution is 2.36. The van der Waals surface area contributed by atoms with Crippen molar-refractivity contribution >= 4 is 29.2 Å². The van der Waals surface area contributed by atoms with Crippen LogP contribution in [0.25, 0.3) is 6.08 Å². The minimum absolute atomic E-state index is 0.00230. The van der Waals surface area contributed by atoms with Crippen molar-refractivity contribution in [2.45, 2.75) is 93.3 Å². The van der Waals surface area contributed by atoms with Crippen molar-refractivity contribution in [1.82, 2.24) is 4.98 Å². The van der Waals surface area contributed by atoms with Crippen LogP contribution in [-0.4, -0.2) is 34.1 Å². The number of ketones is 1. The molecule has 6 unspecified atom stereocenters. The van der Waals surface area contributed by atoms with Crippen molar-refractivity contribution in [3.8, 4) is 0 Å². The largest absolute Gasteiger partial charge is 0.457 e. The minimum atomic E-state index is -1.13. The number of carbonyl (C=O) groups excluding carboxylic acids is 2. The smallest absolute Gasteiger partial charge is 0.311 e. The molecule has 34 heavy (non-hydrogen) atoms. The number of cyclic esters (lactones) is 1. The molecule has 0 bridgehead atoms. The van der Waals surface area contributed by atoms with E-state index in [-0.39, 0.29) is 17.6 Å². The zero-order valence-electron chi connectivity index (χ0n) is 22.1. The Morgan fingerprint density at radius 2 is 1.85 bits per heavy atom. The Kier molecular flexibility index (Phi) is 10.3. The molecule has 190 valence electrons. The number of hydrogen-bond acceptors (Lipinski definition) is 6. The molecule has 0 spiro atoms. The predicted molar refractivity (Wildman–Crippen MR) is 139 cm³/mol. The van der Waals surface area contributed by atoms with Crippen LogP contribution in [0, 0.1) is 36.0 Å². The van der Waals surface area contributed by atoms with Crippen LogP contribution in [-0.2, 0) is 14.3 Å². The van der Waals surface area contributed by atoms with Gasteiger partial charge in [-0.3, -0.25) is 9.59 Å². The summed E-state index contributed by atoms with van der Waals surface area (Å²) < 4.78 is 5.91. The van der Waals surface area contributed by atoms with Crippen molar-refractivity contribution in [3.63, 3.8) is 0 Å². The molecule has 1 aromatic rings. The van der Waals surface area contributed by atoms with Crippen molar-refractivity contribution in [2.75, 3.05) is 0 Å². The molecular weight excluding hydrogens is 446 g/mol. The van der Waals surface area contributed by atoms with E-state index in [0.717, 1.165) is 35.5 Å². The van der Waals surface area contributed by atoms with Gasteiger partial charge in [-0.15, -0.1) is 11.3 Å². The molecule has 0 saturated heterocycles. The SMILES string of the molecule is C/C(=C\c1csc(C)n1)C1C/C=C/CCCC(C)C(C)C(C)C(=O)C(C)(C)C(O)C(C)C(=O)O1. The minimum Gasteiger partial charge on any atom is -0.457 e. The maximum atomic E-state index is 13.4. The summed E-state index contributed by atoms with van der Waals surface area (Å²) >= 11 is 1.58. The van der Waals surface area contributed by atoms with E-state index >= 15 is 0 Å². The van der Waals surface area contributed by atoms with E-state index in [1.807, 2.05) is 32.2 Å². The molecule has 1 aromatic heterocycles. The maximum absolute atomic E-state index is 13.4. The number of aromatic nitrogens is 1. The summed E-state index contributed by atoms with van der Waals surface area (Å²) in [4.78, 5) is 31.0. The van der Waals surface area contributed by atoms with Gasteiger partial charge in [0.15, 0.2) is 0 Å². The summed E-state index contributed by atoms with van der Waals surface area (Å²) in [5, 5.41) is 14.1. The van der Waals surface area contributed by atoms with Gasteiger partial charge >= 0.3 is 5.97 Å². The molecule has 1 aliphatic rings. The highest BCUT2D eigenvalue weighted by molar-refractivity contribution is 7.09. The van der Waals surface area contributed by atoms with E-state index in [1.165, 1.54) is 0 Å². The fourth-order valence-electron chi connectivity index (χ4n) is 4.72. The molecule has 6 heteroatoms. The lowest BCUT2D eigenvalue weighted by molar-refractivity contribution is -0.161.